The maximum Gasteiger partial charge on any atom is 0.327 e. The van der Waals surface area contributed by atoms with Gasteiger partial charge in [-0.25, -0.2) is 4.79 Å². The molecule has 0 aromatic heterocycles. The normalized spacial score (nSPS) is 23.8. The molecule has 0 spiro atoms. The minimum Gasteiger partial charge on any atom is -0.508 e. The fourth-order valence-electron chi connectivity index (χ4n) is 4.23. The molecule has 0 unspecified atom stereocenters. The lowest BCUT2D eigenvalue weighted by molar-refractivity contribution is -0.143. The van der Waals surface area contributed by atoms with E-state index in [9.17, 15) is 24.6 Å². The van der Waals surface area contributed by atoms with Crippen LogP contribution in [0.25, 0.3) is 0 Å². The number of hydrogen-bond donors (Lipinski definition) is 6. The number of aromatic hydroxyl groups is 1. The minimum absolute atomic E-state index is 0.140. The summed E-state index contributed by atoms with van der Waals surface area (Å²) >= 11 is 0. The number of phenols is 1. The van der Waals surface area contributed by atoms with E-state index < -0.39 is 34.7 Å². The summed E-state index contributed by atoms with van der Waals surface area (Å²) in [7, 11) is 2.80. The topological polar surface area (TPSA) is 154 Å². The van der Waals surface area contributed by atoms with Crippen molar-refractivity contribution < 1.29 is 24.6 Å². The molecule has 1 aliphatic rings. The van der Waals surface area contributed by atoms with Crippen molar-refractivity contribution in [1.82, 2.24) is 16.0 Å². The van der Waals surface area contributed by atoms with Gasteiger partial charge in [-0.3, -0.25) is 9.59 Å². The third-order valence-electron chi connectivity index (χ3n) is 6.54. The van der Waals surface area contributed by atoms with E-state index in [1.807, 2.05) is 37.3 Å². The summed E-state index contributed by atoms with van der Waals surface area (Å²) in [6.45, 7) is 5.77. The first-order valence-corrected chi connectivity index (χ1v) is 14.8. The third kappa shape index (κ3) is 8.13. The lowest BCUT2D eigenvalue weighted by atomic mass is 9.91. The standard InChI is InChI=1S/C27H36N4O5S2/c1-16(18-7-5-4-6-8-18)22-25(34)31-23(26(35)36)27(2,3)38-37-15-19(14-29-22)30-24(33)21(28)13-17-9-11-20(32)12-10-17/h4-12,16,19,21-23,29,32H,13-15,28H2,1-3H3,(H,30,33)(H,31,34)(H,35,36)/t16-,19+,21+,22-,23+/m1/s1. The maximum atomic E-state index is 13.4. The summed E-state index contributed by atoms with van der Waals surface area (Å²) in [5, 5.41) is 28.4. The fourth-order valence-corrected chi connectivity index (χ4v) is 7.12. The van der Waals surface area contributed by atoms with Crippen LogP contribution in [0.2, 0.25) is 0 Å². The van der Waals surface area contributed by atoms with Crippen LogP contribution in [0.4, 0.5) is 0 Å². The third-order valence-corrected chi connectivity index (χ3v) is 9.91. The number of hydrogen-bond acceptors (Lipinski definition) is 8. The van der Waals surface area contributed by atoms with Gasteiger partial charge in [-0.15, -0.1) is 0 Å². The second-order valence-corrected chi connectivity index (χ2v) is 13.0. The van der Waals surface area contributed by atoms with Crippen LogP contribution in [0.3, 0.4) is 0 Å². The van der Waals surface area contributed by atoms with Crippen molar-refractivity contribution in [2.24, 2.45) is 5.73 Å². The van der Waals surface area contributed by atoms with Crippen LogP contribution in [0.5, 0.6) is 5.75 Å². The molecule has 1 saturated heterocycles. The lowest BCUT2D eigenvalue weighted by Gasteiger charge is -2.32. The van der Waals surface area contributed by atoms with Gasteiger partial charge < -0.3 is 31.9 Å². The number of nitrogens with one attached hydrogen (secondary N) is 3. The molecule has 0 bridgehead atoms. The number of rotatable bonds is 7. The highest BCUT2D eigenvalue weighted by Gasteiger charge is 2.40. The van der Waals surface area contributed by atoms with Crippen LogP contribution in [-0.2, 0) is 20.8 Å². The van der Waals surface area contributed by atoms with Crippen molar-refractivity contribution in [1.29, 1.82) is 0 Å². The molecule has 2 aromatic carbocycles. The molecule has 1 aliphatic heterocycles. The van der Waals surface area contributed by atoms with Gasteiger partial charge in [-0.05, 0) is 43.5 Å². The highest BCUT2D eigenvalue weighted by Crippen LogP contribution is 2.39. The zero-order chi connectivity index (χ0) is 27.9. The number of carboxylic acids is 1. The van der Waals surface area contributed by atoms with Gasteiger partial charge in [0, 0.05) is 18.2 Å². The Morgan fingerprint density at radius 3 is 2.45 bits per heavy atom. The molecule has 11 heteroatoms. The molecule has 0 radical (unpaired) electrons. The van der Waals surface area contributed by atoms with Crippen LogP contribution in [0.15, 0.2) is 54.6 Å². The number of amides is 2. The number of benzene rings is 2. The summed E-state index contributed by atoms with van der Waals surface area (Å²) in [5.41, 5.74) is 7.94. The Balaban J connectivity index is 1.79. The Morgan fingerprint density at radius 1 is 1.16 bits per heavy atom. The van der Waals surface area contributed by atoms with Gasteiger partial charge in [0.05, 0.1) is 22.9 Å². The van der Waals surface area contributed by atoms with Gasteiger partial charge in [-0.2, -0.15) is 0 Å². The average molecular weight is 561 g/mol. The summed E-state index contributed by atoms with van der Waals surface area (Å²) in [5.74, 6) is -1.49. The molecular formula is C27H36N4O5S2. The van der Waals surface area contributed by atoms with Crippen molar-refractivity contribution in [3.8, 4) is 5.75 Å². The van der Waals surface area contributed by atoms with Gasteiger partial charge in [0.1, 0.15) is 11.8 Å². The summed E-state index contributed by atoms with van der Waals surface area (Å²) in [6, 6.07) is 13.1. The monoisotopic (exact) mass is 560 g/mol. The molecule has 2 aromatic rings. The van der Waals surface area contributed by atoms with Gasteiger partial charge >= 0.3 is 5.97 Å². The van der Waals surface area contributed by atoms with Gasteiger partial charge in [-0.1, -0.05) is 71.0 Å². The summed E-state index contributed by atoms with van der Waals surface area (Å²) < 4.78 is -0.819. The zero-order valence-electron chi connectivity index (χ0n) is 21.7. The van der Waals surface area contributed by atoms with E-state index in [0.29, 0.717) is 18.7 Å². The van der Waals surface area contributed by atoms with Crippen LogP contribution in [0, 0.1) is 0 Å². The van der Waals surface area contributed by atoms with Gasteiger partial charge in [0.25, 0.3) is 0 Å². The SMILES string of the molecule is C[C@H](c1ccccc1)[C@H]1NC[C@H](NC(=O)[C@@H](N)Cc2ccc(O)cc2)CSSC(C)(C)[C@H](C(=O)O)NC1=O. The molecule has 38 heavy (non-hydrogen) atoms. The van der Waals surface area contributed by atoms with Crippen LogP contribution in [0.1, 0.15) is 37.8 Å². The molecule has 2 amide bonds. The number of carbonyl (C=O) groups is 3. The van der Waals surface area contributed by atoms with E-state index >= 15 is 0 Å². The average Bonchev–Trinajstić information content (AvgIpc) is 2.89. The van der Waals surface area contributed by atoms with Crippen molar-refractivity contribution in [2.45, 2.75) is 62.0 Å². The van der Waals surface area contributed by atoms with E-state index in [-0.39, 0.29) is 23.6 Å². The molecule has 3 rings (SSSR count). The lowest BCUT2D eigenvalue weighted by Crippen LogP contribution is -2.58. The Kier molecular flexibility index (Phi) is 10.5. The van der Waals surface area contributed by atoms with E-state index in [0.717, 1.165) is 11.1 Å². The smallest absolute Gasteiger partial charge is 0.327 e. The number of phenolic OH excluding ortho intramolecular Hbond substituents is 1. The van der Waals surface area contributed by atoms with E-state index in [4.69, 9.17) is 5.73 Å². The molecule has 9 nitrogen and oxygen atoms in total. The van der Waals surface area contributed by atoms with Crippen molar-refractivity contribution in [3.63, 3.8) is 0 Å². The minimum atomic E-state index is -1.11. The largest absolute Gasteiger partial charge is 0.508 e. The first kappa shape index (κ1) is 29.8. The van der Waals surface area contributed by atoms with Crippen molar-refractivity contribution >= 4 is 39.4 Å². The molecular weight excluding hydrogens is 524 g/mol. The second kappa shape index (κ2) is 13.4. The molecule has 206 valence electrons. The fraction of sp³-hybridized carbons (Fsp3) is 0.444. The highest BCUT2D eigenvalue weighted by molar-refractivity contribution is 8.77. The van der Waals surface area contributed by atoms with Crippen molar-refractivity contribution in [2.75, 3.05) is 12.3 Å². The van der Waals surface area contributed by atoms with E-state index in [1.165, 1.54) is 21.6 Å². The number of aliphatic carboxylic acids is 1. The van der Waals surface area contributed by atoms with Crippen LogP contribution >= 0.6 is 21.6 Å². The summed E-state index contributed by atoms with van der Waals surface area (Å²) in [4.78, 5) is 38.6. The van der Waals surface area contributed by atoms with Crippen molar-refractivity contribution in [3.05, 3.63) is 65.7 Å². The van der Waals surface area contributed by atoms with Crippen LogP contribution in [-0.4, -0.2) is 69.2 Å². The number of carboxylic acid groups (broad SMARTS) is 1. The van der Waals surface area contributed by atoms with Crippen LogP contribution < -0.4 is 21.7 Å². The Morgan fingerprint density at radius 2 is 1.82 bits per heavy atom. The molecule has 1 fully saturated rings. The number of carbonyl (C=O) groups excluding carboxylic acids is 2. The summed E-state index contributed by atoms with van der Waals surface area (Å²) in [6.07, 6.45) is 0.303. The van der Waals surface area contributed by atoms with E-state index in [2.05, 4.69) is 16.0 Å². The zero-order valence-corrected chi connectivity index (χ0v) is 23.4. The Bertz CT molecular complexity index is 1100. The first-order chi connectivity index (χ1) is 18.0. The quantitative estimate of drug-likeness (QED) is 0.280. The molecule has 0 saturated carbocycles. The van der Waals surface area contributed by atoms with E-state index in [1.54, 1.807) is 38.1 Å². The van der Waals surface area contributed by atoms with Gasteiger partial charge in [0.15, 0.2) is 0 Å². The Hall–Kier alpha value is -2.73. The molecule has 5 atom stereocenters. The molecule has 1 heterocycles. The molecule has 7 N–H and O–H groups in total. The predicted octanol–water partition coefficient (Wildman–Crippen LogP) is 2.25. The first-order valence-electron chi connectivity index (χ1n) is 12.4. The second-order valence-electron chi connectivity index (χ2n) is 10.0. The molecule has 0 aliphatic carbocycles. The number of nitrogens with two attached hydrogens (primary N) is 1. The highest BCUT2D eigenvalue weighted by atomic mass is 33.1. The predicted molar refractivity (Wildman–Crippen MR) is 152 cm³/mol. The van der Waals surface area contributed by atoms with Gasteiger partial charge in [0.2, 0.25) is 11.8 Å². The Labute approximate surface area is 231 Å². The maximum absolute atomic E-state index is 13.4.